The van der Waals surface area contributed by atoms with Crippen molar-refractivity contribution in [3.8, 4) is 0 Å². The molecule has 0 aliphatic carbocycles. The van der Waals surface area contributed by atoms with Crippen molar-refractivity contribution in [3.05, 3.63) is 42.1 Å². The first kappa shape index (κ1) is 22.4. The zero-order valence-electron chi connectivity index (χ0n) is 18.4. The number of nitrogens with one attached hydrogen (secondary N) is 2. The zero-order chi connectivity index (χ0) is 22.5. The first-order chi connectivity index (χ1) is 14.8. The van der Waals surface area contributed by atoms with Crippen LogP contribution in [0.2, 0.25) is 0 Å². The summed E-state index contributed by atoms with van der Waals surface area (Å²) < 4.78 is 17.0. The molecule has 0 saturated carbocycles. The lowest BCUT2D eigenvalue weighted by Gasteiger charge is -2.14. The lowest BCUT2D eigenvalue weighted by atomic mass is 10.2. The minimum Gasteiger partial charge on any atom is -0.472 e. The fourth-order valence-corrected chi connectivity index (χ4v) is 3.44. The summed E-state index contributed by atoms with van der Waals surface area (Å²) in [6.07, 6.45) is 4.46. The summed E-state index contributed by atoms with van der Waals surface area (Å²) >= 11 is 0. The first-order valence-corrected chi connectivity index (χ1v) is 10.0. The Morgan fingerprint density at radius 1 is 1.26 bits per heavy atom. The van der Waals surface area contributed by atoms with Gasteiger partial charge in [0, 0.05) is 25.1 Å². The molecule has 0 aliphatic rings. The van der Waals surface area contributed by atoms with Crippen LogP contribution in [0.3, 0.4) is 0 Å². The molecular formula is C22H28N4O5. The maximum Gasteiger partial charge on any atom is 0.356 e. The Balaban J connectivity index is 2.16. The van der Waals surface area contributed by atoms with Gasteiger partial charge in [0.1, 0.15) is 11.9 Å². The topological polar surface area (TPSA) is 108 Å². The summed E-state index contributed by atoms with van der Waals surface area (Å²) in [6, 6.07) is 3.46. The van der Waals surface area contributed by atoms with Crippen LogP contribution in [-0.2, 0) is 16.0 Å². The second-order valence-corrected chi connectivity index (χ2v) is 7.78. The van der Waals surface area contributed by atoms with Crippen molar-refractivity contribution >= 4 is 34.3 Å². The number of furan rings is 1. The average molecular weight is 428 g/mol. The van der Waals surface area contributed by atoms with Gasteiger partial charge in [-0.2, -0.15) is 0 Å². The van der Waals surface area contributed by atoms with Crippen molar-refractivity contribution in [1.82, 2.24) is 9.55 Å². The van der Waals surface area contributed by atoms with E-state index >= 15 is 0 Å². The van der Waals surface area contributed by atoms with Gasteiger partial charge in [0.15, 0.2) is 5.69 Å². The van der Waals surface area contributed by atoms with Gasteiger partial charge in [-0.3, -0.25) is 4.79 Å². The van der Waals surface area contributed by atoms with Crippen LogP contribution >= 0.6 is 0 Å². The Morgan fingerprint density at radius 3 is 2.65 bits per heavy atom. The molecule has 1 amide bonds. The zero-order valence-corrected chi connectivity index (χ0v) is 18.4. The standard InChI is InChI=1S/C22H28N4O5/c1-13(2)10-26-19(22(28)30-5)18(25-21(27)15-6-7-31-12-15)17-8-16(9-23-20(17)26)24-14(3)11-29-4/h6-9,12-14,24H,10-11H2,1-5H3,(H,25,27)/t14-/m0/s1. The number of methoxy groups -OCH3 is 2. The van der Waals surface area contributed by atoms with Gasteiger partial charge in [0.2, 0.25) is 0 Å². The quantitative estimate of drug-likeness (QED) is 0.500. The predicted octanol–water partition coefficient (Wildman–Crippen LogP) is 3.77. The van der Waals surface area contributed by atoms with Gasteiger partial charge < -0.3 is 29.1 Å². The number of esters is 1. The fraction of sp³-hybridized carbons (Fsp3) is 0.409. The molecule has 0 saturated heterocycles. The summed E-state index contributed by atoms with van der Waals surface area (Å²) in [5.74, 6) is -0.713. The van der Waals surface area contributed by atoms with Crippen molar-refractivity contribution < 1.29 is 23.5 Å². The number of anilines is 2. The van der Waals surface area contributed by atoms with Crippen molar-refractivity contribution in [2.75, 3.05) is 31.5 Å². The van der Waals surface area contributed by atoms with Gasteiger partial charge in [0.25, 0.3) is 5.91 Å². The fourth-order valence-electron chi connectivity index (χ4n) is 3.44. The molecular weight excluding hydrogens is 400 g/mol. The summed E-state index contributed by atoms with van der Waals surface area (Å²) in [4.78, 5) is 30.1. The van der Waals surface area contributed by atoms with E-state index in [4.69, 9.17) is 13.9 Å². The van der Waals surface area contributed by atoms with Crippen molar-refractivity contribution in [1.29, 1.82) is 0 Å². The van der Waals surface area contributed by atoms with E-state index in [0.717, 1.165) is 5.69 Å². The second kappa shape index (κ2) is 9.65. The highest BCUT2D eigenvalue weighted by molar-refractivity contribution is 6.14. The van der Waals surface area contributed by atoms with Gasteiger partial charge in [0.05, 0.1) is 43.1 Å². The highest BCUT2D eigenvalue weighted by atomic mass is 16.5. The van der Waals surface area contributed by atoms with E-state index in [0.29, 0.717) is 35.4 Å². The third-order valence-corrected chi connectivity index (χ3v) is 4.68. The van der Waals surface area contributed by atoms with Gasteiger partial charge in [-0.05, 0) is 25.0 Å². The Kier molecular flexibility index (Phi) is 6.96. The average Bonchev–Trinajstić information content (AvgIpc) is 3.35. The number of rotatable bonds is 9. The van der Waals surface area contributed by atoms with Crippen LogP contribution in [0.1, 0.15) is 41.6 Å². The second-order valence-electron chi connectivity index (χ2n) is 7.78. The molecule has 3 rings (SSSR count). The van der Waals surface area contributed by atoms with Gasteiger partial charge in [-0.15, -0.1) is 0 Å². The number of carbonyl (C=O) groups excluding carboxylic acids is 2. The molecule has 0 aromatic carbocycles. The lowest BCUT2D eigenvalue weighted by Crippen LogP contribution is -2.20. The molecule has 0 spiro atoms. The van der Waals surface area contributed by atoms with E-state index in [9.17, 15) is 9.59 Å². The van der Waals surface area contributed by atoms with Crippen LogP contribution in [0.4, 0.5) is 11.4 Å². The van der Waals surface area contributed by atoms with E-state index in [2.05, 4.69) is 15.6 Å². The Hall–Kier alpha value is -3.33. The van der Waals surface area contributed by atoms with E-state index in [1.165, 1.54) is 19.6 Å². The monoisotopic (exact) mass is 428 g/mol. The van der Waals surface area contributed by atoms with Crippen LogP contribution in [-0.4, -0.2) is 48.3 Å². The minimum atomic E-state index is -0.552. The van der Waals surface area contributed by atoms with Gasteiger partial charge in [-0.25, -0.2) is 9.78 Å². The van der Waals surface area contributed by atoms with E-state index in [-0.39, 0.29) is 17.7 Å². The summed E-state index contributed by atoms with van der Waals surface area (Å²) in [5.41, 5.74) is 2.27. The van der Waals surface area contributed by atoms with Gasteiger partial charge >= 0.3 is 5.97 Å². The number of amides is 1. The van der Waals surface area contributed by atoms with Crippen LogP contribution in [0.5, 0.6) is 0 Å². The van der Waals surface area contributed by atoms with Crippen molar-refractivity contribution in [2.24, 2.45) is 5.92 Å². The number of fused-ring (bicyclic) bond motifs is 1. The molecule has 3 heterocycles. The molecule has 0 radical (unpaired) electrons. The molecule has 0 unspecified atom stereocenters. The van der Waals surface area contributed by atoms with Crippen molar-refractivity contribution in [2.45, 2.75) is 33.4 Å². The van der Waals surface area contributed by atoms with Crippen molar-refractivity contribution in [3.63, 3.8) is 0 Å². The molecule has 0 bridgehead atoms. The Bertz CT molecular complexity index is 1060. The molecule has 0 aliphatic heterocycles. The number of aromatic nitrogens is 2. The largest absolute Gasteiger partial charge is 0.472 e. The normalized spacial score (nSPS) is 12.2. The molecule has 9 heteroatoms. The summed E-state index contributed by atoms with van der Waals surface area (Å²) in [7, 11) is 2.95. The number of ether oxygens (including phenoxy) is 2. The van der Waals surface area contributed by atoms with Crippen LogP contribution in [0, 0.1) is 5.92 Å². The number of nitrogens with zero attached hydrogens (tertiary/aromatic N) is 2. The predicted molar refractivity (Wildman–Crippen MR) is 118 cm³/mol. The molecule has 2 N–H and O–H groups in total. The highest BCUT2D eigenvalue weighted by Gasteiger charge is 2.27. The van der Waals surface area contributed by atoms with E-state index < -0.39 is 11.9 Å². The summed E-state index contributed by atoms with van der Waals surface area (Å²) in [6.45, 7) is 7.11. The Morgan fingerprint density at radius 2 is 2.03 bits per heavy atom. The van der Waals surface area contributed by atoms with E-state index in [1.54, 1.807) is 23.9 Å². The smallest absolute Gasteiger partial charge is 0.356 e. The molecule has 31 heavy (non-hydrogen) atoms. The Labute approximate surface area is 180 Å². The maximum atomic E-state index is 12.8. The van der Waals surface area contributed by atoms with Crippen LogP contribution in [0.25, 0.3) is 11.0 Å². The molecule has 1 atom stereocenters. The number of carbonyl (C=O) groups is 2. The summed E-state index contributed by atoms with van der Waals surface area (Å²) in [5, 5.41) is 6.80. The van der Waals surface area contributed by atoms with Gasteiger partial charge in [-0.1, -0.05) is 13.8 Å². The minimum absolute atomic E-state index is 0.0473. The number of pyridine rings is 1. The molecule has 0 fully saturated rings. The van der Waals surface area contributed by atoms with Crippen LogP contribution < -0.4 is 10.6 Å². The van der Waals surface area contributed by atoms with E-state index in [1.807, 2.05) is 26.8 Å². The number of hydrogen-bond acceptors (Lipinski definition) is 7. The molecule has 9 nitrogen and oxygen atoms in total. The lowest BCUT2D eigenvalue weighted by molar-refractivity contribution is 0.0589. The number of hydrogen-bond donors (Lipinski definition) is 2. The third kappa shape index (κ3) is 4.88. The molecule has 166 valence electrons. The molecule has 3 aromatic rings. The van der Waals surface area contributed by atoms with Crippen LogP contribution in [0.15, 0.2) is 35.3 Å². The highest BCUT2D eigenvalue weighted by Crippen LogP contribution is 2.33. The maximum absolute atomic E-state index is 12.8. The third-order valence-electron chi connectivity index (χ3n) is 4.68. The first-order valence-electron chi connectivity index (χ1n) is 10.0. The SMILES string of the molecule is COC[C@H](C)Nc1cnc2c(c1)c(NC(=O)c1ccoc1)c(C(=O)OC)n2CC(C)C. The molecule has 3 aromatic heterocycles.